The van der Waals surface area contributed by atoms with Gasteiger partial charge in [-0.15, -0.1) is 0 Å². The van der Waals surface area contributed by atoms with E-state index in [-0.39, 0.29) is 17.6 Å². The zero-order valence-electron chi connectivity index (χ0n) is 19.8. The van der Waals surface area contributed by atoms with Crippen LogP contribution in [0.5, 0.6) is 0 Å². The van der Waals surface area contributed by atoms with E-state index in [1.54, 1.807) is 24.3 Å². The first-order valence-electron chi connectivity index (χ1n) is 11.8. The number of ketones is 1. The number of carbonyl (C=O) groups is 2. The van der Waals surface area contributed by atoms with Gasteiger partial charge in [-0.05, 0) is 62.1 Å². The largest absolute Gasteiger partial charge is 0.383 e. The third-order valence-corrected chi connectivity index (χ3v) is 6.46. The Hall–Kier alpha value is -4.20. The summed E-state index contributed by atoms with van der Waals surface area (Å²) in [5, 5.41) is 6.24. The number of hydrogen-bond acceptors (Lipinski definition) is 5. The van der Waals surface area contributed by atoms with Gasteiger partial charge in [0.25, 0.3) is 0 Å². The van der Waals surface area contributed by atoms with E-state index < -0.39 is 0 Å². The Bertz CT molecular complexity index is 1410. The van der Waals surface area contributed by atoms with Gasteiger partial charge in [0.05, 0.1) is 10.9 Å². The number of nitrogens with one attached hydrogen (secondary N) is 2. The maximum absolute atomic E-state index is 13.6. The van der Waals surface area contributed by atoms with Crippen LogP contribution in [0, 0.1) is 13.8 Å². The molecular formula is C27H28N6O2. The molecule has 1 aliphatic rings. The fourth-order valence-corrected chi connectivity index (χ4v) is 4.98. The third-order valence-electron chi connectivity index (χ3n) is 6.46. The maximum Gasteiger partial charge on any atom is 0.323 e. The summed E-state index contributed by atoms with van der Waals surface area (Å²) >= 11 is 0. The fraction of sp³-hybridized carbons (Fsp3) is 0.259. The van der Waals surface area contributed by atoms with Crippen LogP contribution in [0.4, 0.5) is 22.0 Å². The van der Waals surface area contributed by atoms with E-state index in [4.69, 9.17) is 5.73 Å². The zero-order valence-corrected chi connectivity index (χ0v) is 19.8. The molecule has 4 aromatic rings. The van der Waals surface area contributed by atoms with E-state index in [1.807, 2.05) is 38.2 Å². The van der Waals surface area contributed by atoms with Crippen molar-refractivity contribution in [3.63, 3.8) is 0 Å². The van der Waals surface area contributed by atoms with Crippen LogP contribution in [0.3, 0.4) is 0 Å². The van der Waals surface area contributed by atoms with Crippen LogP contribution in [0.25, 0.3) is 11.0 Å². The van der Waals surface area contributed by atoms with Crippen LogP contribution in [0.15, 0.2) is 55.0 Å². The van der Waals surface area contributed by atoms with Crippen molar-refractivity contribution in [3.05, 3.63) is 77.2 Å². The lowest BCUT2D eigenvalue weighted by Gasteiger charge is -2.12. The molecule has 35 heavy (non-hydrogen) atoms. The molecule has 2 aromatic heterocycles. The van der Waals surface area contributed by atoms with Crippen LogP contribution in [-0.2, 0) is 0 Å². The van der Waals surface area contributed by atoms with Crippen LogP contribution in [0.1, 0.15) is 58.8 Å². The van der Waals surface area contributed by atoms with Crippen molar-refractivity contribution in [1.82, 2.24) is 14.5 Å². The smallest absolute Gasteiger partial charge is 0.323 e. The first-order chi connectivity index (χ1) is 16.9. The standard InChI is InChI=1S/C27H28N6O2/c1-16-10-17(2)12-20(11-16)32-27(35)31-19-7-5-6-18(13-19)24(34)22-14-33(21-8-3-4-9-21)26-23(22)25(28)29-15-30-26/h5-7,10-15,21H,3-4,8-9H2,1-2H3,(H2,28,29,30)(H2,31,32,35). The number of benzene rings is 2. The number of hydrogen-bond donors (Lipinski definition) is 3. The molecule has 178 valence electrons. The summed E-state index contributed by atoms with van der Waals surface area (Å²) in [4.78, 5) is 34.7. The number of nitrogen functional groups attached to an aromatic ring is 1. The average molecular weight is 469 g/mol. The van der Waals surface area contributed by atoms with Crippen molar-refractivity contribution in [1.29, 1.82) is 0 Å². The number of aromatic nitrogens is 3. The highest BCUT2D eigenvalue weighted by Gasteiger charge is 2.25. The van der Waals surface area contributed by atoms with E-state index in [1.165, 1.54) is 6.33 Å². The van der Waals surface area contributed by atoms with Crippen LogP contribution < -0.4 is 16.4 Å². The summed E-state index contributed by atoms with van der Waals surface area (Å²) in [6.45, 7) is 3.96. The van der Waals surface area contributed by atoms with Crippen molar-refractivity contribution in [2.24, 2.45) is 0 Å². The second-order valence-corrected chi connectivity index (χ2v) is 9.21. The molecule has 0 unspecified atom stereocenters. The molecule has 5 rings (SSSR count). The third kappa shape index (κ3) is 4.59. The fourth-order valence-electron chi connectivity index (χ4n) is 4.98. The number of nitrogens with zero attached hydrogens (tertiary/aromatic N) is 3. The molecule has 2 heterocycles. The lowest BCUT2D eigenvalue weighted by molar-refractivity contribution is 0.104. The van der Waals surface area contributed by atoms with Crippen molar-refractivity contribution in [2.75, 3.05) is 16.4 Å². The molecule has 0 bridgehead atoms. The van der Waals surface area contributed by atoms with Gasteiger partial charge in [-0.1, -0.05) is 31.0 Å². The lowest BCUT2D eigenvalue weighted by Crippen LogP contribution is -2.19. The first-order valence-corrected chi connectivity index (χ1v) is 11.8. The Morgan fingerprint density at radius 2 is 1.69 bits per heavy atom. The first kappa shape index (κ1) is 22.6. The number of urea groups is 1. The van der Waals surface area contributed by atoms with E-state index in [0.717, 1.165) is 36.8 Å². The minimum absolute atomic E-state index is 0.188. The molecule has 2 amide bonds. The number of amides is 2. The highest BCUT2D eigenvalue weighted by atomic mass is 16.2. The summed E-state index contributed by atoms with van der Waals surface area (Å²) in [6.07, 6.45) is 7.72. The molecule has 1 aliphatic carbocycles. The maximum atomic E-state index is 13.6. The summed E-state index contributed by atoms with van der Waals surface area (Å²) in [5.74, 6) is 0.101. The van der Waals surface area contributed by atoms with E-state index >= 15 is 0 Å². The van der Waals surface area contributed by atoms with E-state index in [2.05, 4.69) is 25.2 Å². The molecule has 4 N–H and O–H groups in total. The minimum atomic E-state index is -0.380. The highest BCUT2D eigenvalue weighted by molar-refractivity contribution is 6.18. The number of rotatable bonds is 5. The van der Waals surface area contributed by atoms with Gasteiger partial charge in [0, 0.05) is 29.2 Å². The SMILES string of the molecule is Cc1cc(C)cc(NC(=O)Nc2cccc(C(=O)c3cn(C4CCCC4)c4ncnc(N)c34)c2)c1. The van der Waals surface area contributed by atoms with Gasteiger partial charge in [-0.3, -0.25) is 4.79 Å². The van der Waals surface area contributed by atoms with Crippen molar-refractivity contribution in [2.45, 2.75) is 45.6 Å². The zero-order chi connectivity index (χ0) is 24.5. The average Bonchev–Trinajstić information content (AvgIpc) is 3.46. The Labute approximate surface area is 203 Å². The molecule has 0 aliphatic heterocycles. The van der Waals surface area contributed by atoms with Crippen LogP contribution >= 0.6 is 0 Å². The molecule has 1 fully saturated rings. The van der Waals surface area contributed by atoms with Crippen LogP contribution in [0.2, 0.25) is 0 Å². The van der Waals surface area contributed by atoms with Crippen LogP contribution in [-0.4, -0.2) is 26.3 Å². The number of aryl methyl sites for hydroxylation is 2. The summed E-state index contributed by atoms with van der Waals surface area (Å²) in [5.41, 5.74) is 11.2. The van der Waals surface area contributed by atoms with Crippen molar-refractivity contribution >= 4 is 40.0 Å². The van der Waals surface area contributed by atoms with Gasteiger partial charge in [-0.25, -0.2) is 14.8 Å². The van der Waals surface area contributed by atoms with E-state index in [0.29, 0.717) is 39.6 Å². The Morgan fingerprint density at radius 3 is 2.43 bits per heavy atom. The van der Waals surface area contributed by atoms with E-state index in [9.17, 15) is 9.59 Å². The summed E-state index contributed by atoms with van der Waals surface area (Å²) in [6, 6.07) is 12.7. The second kappa shape index (κ2) is 9.21. The minimum Gasteiger partial charge on any atom is -0.383 e. The lowest BCUT2D eigenvalue weighted by atomic mass is 10.0. The topological polar surface area (TPSA) is 115 Å². The summed E-state index contributed by atoms with van der Waals surface area (Å²) < 4.78 is 2.08. The number of nitrogens with two attached hydrogens (primary N) is 1. The van der Waals surface area contributed by atoms with Gasteiger partial charge >= 0.3 is 6.03 Å². The van der Waals surface area contributed by atoms with Crippen molar-refractivity contribution in [3.8, 4) is 0 Å². The molecule has 1 saturated carbocycles. The Balaban J connectivity index is 1.41. The van der Waals surface area contributed by atoms with Gasteiger partial charge in [0.2, 0.25) is 0 Å². The van der Waals surface area contributed by atoms with Gasteiger partial charge in [-0.2, -0.15) is 0 Å². The summed E-state index contributed by atoms with van der Waals surface area (Å²) in [7, 11) is 0. The predicted octanol–water partition coefficient (Wildman–Crippen LogP) is 5.62. The monoisotopic (exact) mass is 468 g/mol. The van der Waals surface area contributed by atoms with Gasteiger partial charge in [0.1, 0.15) is 17.8 Å². The molecule has 2 aromatic carbocycles. The van der Waals surface area contributed by atoms with Gasteiger partial charge < -0.3 is 20.9 Å². The highest BCUT2D eigenvalue weighted by Crippen LogP contribution is 2.35. The number of anilines is 3. The second-order valence-electron chi connectivity index (χ2n) is 9.21. The molecular weight excluding hydrogens is 440 g/mol. The Kier molecular flexibility index (Phi) is 5.94. The van der Waals surface area contributed by atoms with Gasteiger partial charge in [0.15, 0.2) is 5.78 Å². The molecule has 8 nitrogen and oxygen atoms in total. The van der Waals surface area contributed by atoms with Crippen molar-refractivity contribution < 1.29 is 9.59 Å². The molecule has 0 spiro atoms. The Morgan fingerprint density at radius 1 is 0.971 bits per heavy atom. The molecule has 0 radical (unpaired) electrons. The molecule has 0 saturated heterocycles. The molecule has 8 heteroatoms. The quantitative estimate of drug-likeness (QED) is 0.329. The number of carbonyl (C=O) groups excluding carboxylic acids is 2. The normalized spacial score (nSPS) is 13.8. The molecule has 0 atom stereocenters. The number of fused-ring (bicyclic) bond motifs is 1. The predicted molar refractivity (Wildman–Crippen MR) is 138 cm³/mol.